The lowest BCUT2D eigenvalue weighted by atomic mass is 9.98. The molecule has 11 heteroatoms. The molecule has 4 aromatic carbocycles. The molecule has 1 amide bonds. The van der Waals surface area contributed by atoms with E-state index in [0.717, 1.165) is 43.2 Å². The topological polar surface area (TPSA) is 111 Å². The average Bonchev–Trinajstić information content (AvgIpc) is 3.57. The van der Waals surface area contributed by atoms with Gasteiger partial charge < -0.3 is 20.1 Å². The Morgan fingerprint density at radius 2 is 1.43 bits per heavy atom. The molecule has 2 aliphatic rings. The van der Waals surface area contributed by atoms with Crippen LogP contribution in [0.2, 0.25) is 0 Å². The summed E-state index contributed by atoms with van der Waals surface area (Å²) in [4.78, 5) is 14.7. The molecular formula is C35H37F2N3O5S. The zero-order chi connectivity index (χ0) is 32.3. The second-order valence-electron chi connectivity index (χ2n) is 12.0. The number of sulfonamides is 1. The largest absolute Gasteiger partial charge is 0.490 e. The van der Waals surface area contributed by atoms with E-state index in [1.807, 2.05) is 12.1 Å². The maximum absolute atomic E-state index is 16.3. The predicted molar refractivity (Wildman–Crippen MR) is 172 cm³/mol. The van der Waals surface area contributed by atoms with Crippen molar-refractivity contribution in [2.24, 2.45) is 5.73 Å². The number of halogens is 2. The number of nitrogens with zero attached hydrogens (tertiary/aromatic N) is 1. The number of likely N-dealkylation sites (tertiary alicyclic amines) is 1. The van der Waals surface area contributed by atoms with Gasteiger partial charge in [-0.2, -0.15) is 13.5 Å². The second kappa shape index (κ2) is 13.4. The molecule has 1 aliphatic carbocycles. The summed E-state index contributed by atoms with van der Waals surface area (Å²) in [6, 6.07) is 21.0. The van der Waals surface area contributed by atoms with Gasteiger partial charge in [-0.1, -0.05) is 30.3 Å². The van der Waals surface area contributed by atoms with Crippen LogP contribution >= 0.6 is 0 Å². The van der Waals surface area contributed by atoms with E-state index < -0.39 is 33.5 Å². The number of nitrogens with two attached hydrogens (primary N) is 1. The number of piperidine rings is 1. The van der Waals surface area contributed by atoms with Gasteiger partial charge in [-0.05, 0) is 110 Å². The van der Waals surface area contributed by atoms with Crippen LogP contribution in [0.4, 0.5) is 8.78 Å². The number of rotatable bonds is 10. The summed E-state index contributed by atoms with van der Waals surface area (Å²) in [7, 11) is -4.57. The second-order valence-corrected chi connectivity index (χ2v) is 13.7. The van der Waals surface area contributed by atoms with E-state index in [2.05, 4.69) is 4.72 Å². The zero-order valence-corrected chi connectivity index (χ0v) is 26.1. The van der Waals surface area contributed by atoms with E-state index in [4.69, 9.17) is 15.2 Å². The predicted octanol–water partition coefficient (Wildman–Crippen LogP) is 6.34. The third-order valence-corrected chi connectivity index (χ3v) is 10.1. The van der Waals surface area contributed by atoms with Crippen molar-refractivity contribution >= 4 is 26.7 Å². The molecule has 0 radical (unpaired) electrons. The van der Waals surface area contributed by atoms with E-state index in [1.54, 1.807) is 42.5 Å². The first-order valence-electron chi connectivity index (χ1n) is 15.6. The quantitative estimate of drug-likeness (QED) is 0.207. The zero-order valence-electron chi connectivity index (χ0n) is 25.3. The molecule has 6 rings (SSSR count). The minimum absolute atomic E-state index is 0.152. The summed E-state index contributed by atoms with van der Waals surface area (Å²) in [6.45, 7) is 0.304. The SMILES string of the molecule is NC1CCN(C(=O)[C@@H](NS(=O)(=O)c2ccc3cc(OC4CCCC4)ccc3c2)C(F)(F)c2ccc(Oc3ccccc3)cc2)CC1. The first-order chi connectivity index (χ1) is 22.1. The summed E-state index contributed by atoms with van der Waals surface area (Å²) in [5, 5.41) is 1.34. The lowest BCUT2D eigenvalue weighted by Crippen LogP contribution is -2.57. The Kier molecular flexibility index (Phi) is 9.26. The van der Waals surface area contributed by atoms with Gasteiger partial charge in [0, 0.05) is 24.7 Å². The molecule has 1 saturated heterocycles. The third kappa shape index (κ3) is 7.16. The number of benzene rings is 4. The van der Waals surface area contributed by atoms with Crippen LogP contribution in [-0.2, 0) is 20.7 Å². The minimum atomic E-state index is -4.57. The lowest BCUT2D eigenvalue weighted by molar-refractivity contribution is -0.145. The number of hydrogen-bond acceptors (Lipinski definition) is 6. The van der Waals surface area contributed by atoms with Gasteiger partial charge in [0.05, 0.1) is 11.0 Å². The van der Waals surface area contributed by atoms with Gasteiger partial charge >= 0.3 is 0 Å². The highest BCUT2D eigenvalue weighted by Gasteiger charge is 2.50. The van der Waals surface area contributed by atoms with Gasteiger partial charge in [0.2, 0.25) is 15.9 Å². The molecular weight excluding hydrogens is 612 g/mol. The number of hydrogen-bond donors (Lipinski definition) is 2. The van der Waals surface area contributed by atoms with Crippen LogP contribution in [0.25, 0.3) is 10.8 Å². The number of alkyl halides is 2. The smallest absolute Gasteiger partial charge is 0.298 e. The number of amides is 1. The van der Waals surface area contributed by atoms with Crippen LogP contribution in [-0.4, -0.2) is 50.5 Å². The molecule has 3 N–H and O–H groups in total. The highest BCUT2D eigenvalue weighted by atomic mass is 32.2. The van der Waals surface area contributed by atoms with Gasteiger partial charge in [0.1, 0.15) is 17.2 Å². The summed E-state index contributed by atoms with van der Waals surface area (Å²) >= 11 is 0. The normalized spacial score (nSPS) is 17.2. The summed E-state index contributed by atoms with van der Waals surface area (Å²) in [5.41, 5.74) is 5.44. The average molecular weight is 650 g/mol. The van der Waals surface area contributed by atoms with Gasteiger partial charge in [0.25, 0.3) is 5.92 Å². The van der Waals surface area contributed by atoms with E-state index in [1.165, 1.54) is 29.2 Å². The van der Waals surface area contributed by atoms with E-state index in [0.29, 0.717) is 35.5 Å². The van der Waals surface area contributed by atoms with Crippen molar-refractivity contribution in [2.75, 3.05) is 13.1 Å². The van der Waals surface area contributed by atoms with Gasteiger partial charge in [-0.15, -0.1) is 0 Å². The van der Waals surface area contributed by atoms with Crippen LogP contribution in [0.5, 0.6) is 17.2 Å². The van der Waals surface area contributed by atoms with Crippen LogP contribution in [0.15, 0.2) is 95.9 Å². The molecule has 0 spiro atoms. The van der Waals surface area contributed by atoms with Crippen molar-refractivity contribution in [3.8, 4) is 17.2 Å². The number of carbonyl (C=O) groups is 1. The lowest BCUT2D eigenvalue weighted by Gasteiger charge is -2.35. The van der Waals surface area contributed by atoms with Crippen LogP contribution in [0, 0.1) is 0 Å². The molecule has 0 aromatic heterocycles. The number of carbonyl (C=O) groups excluding carboxylic acids is 1. The summed E-state index contributed by atoms with van der Waals surface area (Å²) in [5.74, 6) is -3.39. The number of ether oxygens (including phenoxy) is 2. The molecule has 1 atom stereocenters. The Labute approximate surface area is 267 Å². The maximum Gasteiger partial charge on any atom is 0.298 e. The van der Waals surface area contributed by atoms with Crippen molar-refractivity contribution in [2.45, 2.75) is 67.5 Å². The minimum Gasteiger partial charge on any atom is -0.490 e. The Morgan fingerprint density at radius 3 is 2.13 bits per heavy atom. The van der Waals surface area contributed by atoms with Crippen LogP contribution in [0.1, 0.15) is 44.1 Å². The maximum atomic E-state index is 16.3. The molecule has 1 aliphatic heterocycles. The standard InChI is InChI=1S/C35H37F2N3O5S/c36-35(37,26-12-15-30(16-13-26)44-28-6-2-1-3-7-28)33(34(41)40-20-18-27(38)19-21-40)39-46(42,43)32-17-11-24-22-31(14-10-25(24)23-32)45-29-8-4-5-9-29/h1-3,6-7,10-17,22-23,27,29,33,39H,4-5,8-9,18-21,38H2/t33-/m1/s1. The monoisotopic (exact) mass is 649 g/mol. The van der Waals surface area contributed by atoms with Crippen molar-refractivity contribution < 1.29 is 31.5 Å². The molecule has 4 aromatic rings. The molecule has 8 nitrogen and oxygen atoms in total. The Morgan fingerprint density at radius 1 is 0.826 bits per heavy atom. The molecule has 46 heavy (non-hydrogen) atoms. The highest BCUT2D eigenvalue weighted by Crippen LogP contribution is 2.36. The molecule has 1 saturated carbocycles. The summed E-state index contributed by atoms with van der Waals surface area (Å²) in [6.07, 6.45) is 5.30. The fourth-order valence-corrected chi connectivity index (χ4v) is 7.21. The molecule has 2 fully saturated rings. The van der Waals surface area contributed by atoms with Gasteiger partial charge in [-0.25, -0.2) is 8.42 Å². The van der Waals surface area contributed by atoms with Gasteiger partial charge in [0.15, 0.2) is 6.04 Å². The number of nitrogens with one attached hydrogen (secondary N) is 1. The molecule has 0 unspecified atom stereocenters. The van der Waals surface area contributed by atoms with Crippen LogP contribution < -0.4 is 19.9 Å². The molecule has 0 bridgehead atoms. The number of para-hydroxylation sites is 1. The van der Waals surface area contributed by atoms with Crippen LogP contribution in [0.3, 0.4) is 0 Å². The van der Waals surface area contributed by atoms with Gasteiger partial charge in [-0.3, -0.25) is 4.79 Å². The van der Waals surface area contributed by atoms with Crippen molar-refractivity contribution in [3.05, 3.63) is 96.6 Å². The van der Waals surface area contributed by atoms with Crippen molar-refractivity contribution in [1.29, 1.82) is 0 Å². The van der Waals surface area contributed by atoms with E-state index in [-0.39, 0.29) is 30.1 Å². The third-order valence-electron chi connectivity index (χ3n) is 8.65. The van der Waals surface area contributed by atoms with Crippen molar-refractivity contribution in [3.63, 3.8) is 0 Å². The fourth-order valence-electron chi connectivity index (χ4n) is 5.98. The Balaban J connectivity index is 1.27. The molecule has 1 heterocycles. The summed E-state index contributed by atoms with van der Waals surface area (Å²) < 4.78 is 73.9. The first-order valence-corrected chi connectivity index (χ1v) is 17.1. The fraction of sp³-hybridized carbons (Fsp3) is 0.343. The number of fused-ring (bicyclic) bond motifs is 1. The van der Waals surface area contributed by atoms with E-state index >= 15 is 8.78 Å². The Hall–Kier alpha value is -4.06. The Bertz CT molecular complexity index is 1770. The molecule has 242 valence electrons. The van der Waals surface area contributed by atoms with E-state index in [9.17, 15) is 13.2 Å². The first kappa shape index (κ1) is 31.9. The van der Waals surface area contributed by atoms with Crippen molar-refractivity contribution in [1.82, 2.24) is 9.62 Å². The highest BCUT2D eigenvalue weighted by molar-refractivity contribution is 7.89.